The fraction of sp³-hybridized carbons (Fsp3) is 0.240. The number of aromatic nitrogens is 4. The van der Waals surface area contributed by atoms with Gasteiger partial charge in [0.05, 0.1) is 28.8 Å². The third-order valence-corrected chi connectivity index (χ3v) is 7.59. The molecule has 0 aliphatic carbocycles. The van der Waals surface area contributed by atoms with Crippen LogP contribution in [0.15, 0.2) is 58.5 Å². The number of hydrogen-bond acceptors (Lipinski definition) is 6. The van der Waals surface area contributed by atoms with Gasteiger partial charge in [0, 0.05) is 24.1 Å². The van der Waals surface area contributed by atoms with Crippen LogP contribution in [0.25, 0.3) is 32.4 Å². The van der Waals surface area contributed by atoms with E-state index in [0.717, 1.165) is 37.0 Å². The fourth-order valence-corrected chi connectivity index (χ4v) is 5.97. The van der Waals surface area contributed by atoms with E-state index in [0.29, 0.717) is 30.1 Å². The van der Waals surface area contributed by atoms with Gasteiger partial charge >= 0.3 is 0 Å². The number of thioether (sulfide) groups is 1. The number of hydrogen-bond donors (Lipinski definition) is 1. The number of thiophene rings is 1. The van der Waals surface area contributed by atoms with Gasteiger partial charge < -0.3 is 14.3 Å². The largest absolute Gasteiger partial charge is 0.383 e. The van der Waals surface area contributed by atoms with Crippen molar-refractivity contribution in [2.24, 2.45) is 0 Å². The zero-order valence-electron chi connectivity index (χ0n) is 18.7. The van der Waals surface area contributed by atoms with E-state index in [9.17, 15) is 4.79 Å². The van der Waals surface area contributed by atoms with Crippen molar-refractivity contribution < 1.29 is 4.74 Å². The zero-order valence-corrected chi connectivity index (χ0v) is 20.3. The summed E-state index contributed by atoms with van der Waals surface area (Å²) in [5, 5.41) is 1.56. The molecule has 0 saturated carbocycles. The number of imidazole rings is 1. The van der Waals surface area contributed by atoms with Crippen LogP contribution in [0.4, 0.5) is 0 Å². The van der Waals surface area contributed by atoms with Gasteiger partial charge in [0.25, 0.3) is 5.56 Å². The average molecular weight is 477 g/mol. The van der Waals surface area contributed by atoms with Crippen molar-refractivity contribution in [3.63, 3.8) is 0 Å². The molecule has 168 valence electrons. The van der Waals surface area contributed by atoms with Crippen molar-refractivity contribution in [1.29, 1.82) is 0 Å². The molecular weight excluding hydrogens is 452 g/mol. The molecule has 33 heavy (non-hydrogen) atoms. The van der Waals surface area contributed by atoms with Crippen LogP contribution in [-0.4, -0.2) is 33.2 Å². The highest BCUT2D eigenvalue weighted by molar-refractivity contribution is 7.98. The van der Waals surface area contributed by atoms with Crippen molar-refractivity contribution >= 4 is 44.3 Å². The minimum Gasteiger partial charge on any atom is -0.383 e. The molecule has 0 atom stereocenters. The fourth-order valence-electron chi connectivity index (χ4n) is 3.99. The molecule has 0 amide bonds. The Hall–Kier alpha value is -2.94. The number of fused-ring (bicyclic) bond motifs is 2. The van der Waals surface area contributed by atoms with Crippen LogP contribution in [0.5, 0.6) is 0 Å². The van der Waals surface area contributed by atoms with Gasteiger partial charge in [-0.05, 0) is 31.5 Å². The van der Waals surface area contributed by atoms with Gasteiger partial charge in [0.15, 0.2) is 5.16 Å². The first-order chi connectivity index (χ1) is 16.0. The summed E-state index contributed by atoms with van der Waals surface area (Å²) < 4.78 is 7.44. The third kappa shape index (κ3) is 4.21. The summed E-state index contributed by atoms with van der Waals surface area (Å²) in [6.45, 7) is 5.43. The Kier molecular flexibility index (Phi) is 6.05. The molecule has 0 aliphatic heterocycles. The van der Waals surface area contributed by atoms with Gasteiger partial charge in [-0.15, -0.1) is 11.3 Å². The predicted molar refractivity (Wildman–Crippen MR) is 136 cm³/mol. The highest BCUT2D eigenvalue weighted by atomic mass is 32.2. The Labute approximate surface area is 199 Å². The van der Waals surface area contributed by atoms with Crippen molar-refractivity contribution in [1.82, 2.24) is 19.5 Å². The topological polar surface area (TPSA) is 72.8 Å². The Morgan fingerprint density at radius 2 is 1.88 bits per heavy atom. The minimum absolute atomic E-state index is 0.0941. The van der Waals surface area contributed by atoms with E-state index in [1.54, 1.807) is 30.2 Å². The van der Waals surface area contributed by atoms with Crippen LogP contribution < -0.4 is 5.56 Å². The number of aryl methyl sites for hydroxylation is 2. The van der Waals surface area contributed by atoms with E-state index >= 15 is 0 Å². The molecule has 5 aromatic rings. The number of H-pyrrole nitrogens is 1. The van der Waals surface area contributed by atoms with Crippen molar-refractivity contribution in [3.8, 4) is 11.1 Å². The first kappa shape index (κ1) is 21.9. The highest BCUT2D eigenvalue weighted by Gasteiger charge is 2.17. The van der Waals surface area contributed by atoms with E-state index in [4.69, 9.17) is 14.7 Å². The molecule has 0 radical (unpaired) electrons. The average Bonchev–Trinajstić information content (AvgIpc) is 3.33. The Balaban J connectivity index is 1.47. The summed E-state index contributed by atoms with van der Waals surface area (Å²) in [4.78, 5) is 27.6. The second kappa shape index (κ2) is 9.13. The first-order valence-electron chi connectivity index (χ1n) is 10.7. The lowest BCUT2D eigenvalue weighted by Crippen LogP contribution is -2.11. The number of ether oxygens (including phenoxy) is 1. The van der Waals surface area contributed by atoms with E-state index in [1.807, 2.05) is 25.1 Å². The second-order valence-corrected chi connectivity index (χ2v) is 10.1. The molecule has 8 heteroatoms. The van der Waals surface area contributed by atoms with Crippen molar-refractivity contribution in [3.05, 3.63) is 75.1 Å². The number of nitrogens with zero attached hydrogens (tertiary/aromatic N) is 3. The lowest BCUT2D eigenvalue weighted by atomic mass is 10.0. The lowest BCUT2D eigenvalue weighted by Gasteiger charge is -2.08. The van der Waals surface area contributed by atoms with Crippen LogP contribution in [0.1, 0.15) is 16.3 Å². The molecular formula is C25H24N4O2S2. The third-order valence-electron chi connectivity index (χ3n) is 5.60. The maximum absolute atomic E-state index is 13.1. The van der Waals surface area contributed by atoms with Crippen molar-refractivity contribution in [2.45, 2.75) is 31.3 Å². The molecule has 5 rings (SSSR count). The maximum atomic E-state index is 13.1. The molecule has 2 aromatic carbocycles. The Morgan fingerprint density at radius 1 is 1.09 bits per heavy atom. The summed E-state index contributed by atoms with van der Waals surface area (Å²) in [5.41, 5.74) is 5.15. The van der Waals surface area contributed by atoms with E-state index < -0.39 is 0 Å². The smallest absolute Gasteiger partial charge is 0.260 e. The molecule has 0 saturated heterocycles. The van der Waals surface area contributed by atoms with E-state index in [-0.39, 0.29) is 5.56 Å². The van der Waals surface area contributed by atoms with Crippen LogP contribution in [0.3, 0.4) is 0 Å². The molecule has 1 N–H and O–H groups in total. The van der Waals surface area contributed by atoms with Gasteiger partial charge in [-0.25, -0.2) is 9.97 Å². The van der Waals surface area contributed by atoms with E-state index in [1.165, 1.54) is 5.56 Å². The van der Waals surface area contributed by atoms with E-state index in [2.05, 4.69) is 46.8 Å². The molecule has 0 fully saturated rings. The normalized spacial score (nSPS) is 11.6. The predicted octanol–water partition coefficient (Wildman–Crippen LogP) is 5.56. The van der Waals surface area contributed by atoms with Crippen LogP contribution >= 0.6 is 23.1 Å². The van der Waals surface area contributed by atoms with Crippen LogP contribution in [0.2, 0.25) is 0 Å². The first-order valence-corrected chi connectivity index (χ1v) is 12.5. The summed E-state index contributed by atoms with van der Waals surface area (Å²) >= 11 is 3.14. The molecule has 3 heterocycles. The van der Waals surface area contributed by atoms with Gasteiger partial charge in [-0.1, -0.05) is 53.7 Å². The number of methoxy groups -OCH3 is 1. The van der Waals surface area contributed by atoms with Gasteiger partial charge in [0.2, 0.25) is 0 Å². The summed E-state index contributed by atoms with van der Waals surface area (Å²) in [6.07, 6.45) is 0. The number of benzene rings is 2. The maximum Gasteiger partial charge on any atom is 0.260 e. The highest BCUT2D eigenvalue weighted by Crippen LogP contribution is 2.36. The van der Waals surface area contributed by atoms with Gasteiger partial charge in [0.1, 0.15) is 10.7 Å². The molecule has 0 bridgehead atoms. The van der Waals surface area contributed by atoms with Crippen molar-refractivity contribution in [2.75, 3.05) is 13.7 Å². The number of aromatic amines is 1. The summed E-state index contributed by atoms with van der Waals surface area (Å²) in [6, 6.07) is 16.4. The number of rotatable bonds is 7. The Morgan fingerprint density at radius 3 is 2.67 bits per heavy atom. The molecule has 6 nitrogen and oxygen atoms in total. The number of para-hydroxylation sites is 2. The molecule has 0 spiro atoms. The van der Waals surface area contributed by atoms with Crippen LogP contribution in [0, 0.1) is 13.8 Å². The molecule has 3 aromatic heterocycles. The summed E-state index contributed by atoms with van der Waals surface area (Å²) in [7, 11) is 1.70. The molecule has 0 aliphatic rings. The van der Waals surface area contributed by atoms with Gasteiger partial charge in [-0.3, -0.25) is 4.79 Å². The quantitative estimate of drug-likeness (QED) is 0.312. The summed E-state index contributed by atoms with van der Waals surface area (Å²) in [5.74, 6) is 1.18. The monoisotopic (exact) mass is 476 g/mol. The standard InChI is InChI=1S/C25H24N4O2S2/c1-15-8-10-17(11-9-15)21-16(2)33-24-22(21)23(30)27-20(28-24)14-32-25-26-18-6-4-5-7-19(18)29(25)12-13-31-3/h4-11H,12-14H2,1-3H3,(H,27,28,30). The van der Waals surface area contributed by atoms with Gasteiger partial charge in [-0.2, -0.15) is 0 Å². The number of nitrogens with one attached hydrogen (secondary N) is 1. The minimum atomic E-state index is -0.0941. The lowest BCUT2D eigenvalue weighted by molar-refractivity contribution is 0.186. The second-order valence-electron chi connectivity index (χ2n) is 7.91. The SMILES string of the molecule is COCCn1c(SCc2nc3sc(C)c(-c4ccc(C)cc4)c3c(=O)[nH]2)nc2ccccc21. The Bertz CT molecular complexity index is 1500. The molecule has 0 unspecified atom stereocenters. The zero-order chi connectivity index (χ0) is 22.9. The van der Waals surface area contributed by atoms with Crippen LogP contribution in [-0.2, 0) is 17.0 Å².